The first-order chi connectivity index (χ1) is 9.58. The first kappa shape index (κ1) is 13.8. The van der Waals surface area contributed by atoms with Crippen LogP contribution in [0.4, 0.5) is 0 Å². The van der Waals surface area contributed by atoms with Crippen molar-refractivity contribution < 1.29 is 9.59 Å². The second kappa shape index (κ2) is 5.99. The van der Waals surface area contributed by atoms with E-state index >= 15 is 0 Å². The lowest BCUT2D eigenvalue weighted by atomic mass is 10.0. The van der Waals surface area contributed by atoms with Gasteiger partial charge < -0.3 is 0 Å². The molecule has 0 aliphatic rings. The summed E-state index contributed by atoms with van der Waals surface area (Å²) >= 11 is 0. The molecule has 98 valence electrons. The SMILES string of the molecule is CC(=O)c1ccc(C#Cc2ccccc2C(C)=O)cc1. The molecular formula is C18H14O2. The van der Waals surface area contributed by atoms with E-state index in [-0.39, 0.29) is 11.6 Å². The van der Waals surface area contributed by atoms with Crippen LogP contribution < -0.4 is 0 Å². The second-order valence-corrected chi connectivity index (χ2v) is 4.49. The highest BCUT2D eigenvalue weighted by Crippen LogP contribution is 2.09. The molecule has 0 aliphatic heterocycles. The Morgan fingerprint density at radius 3 is 2.05 bits per heavy atom. The fourth-order valence-corrected chi connectivity index (χ4v) is 1.83. The number of Topliss-reactive ketones (excluding diaryl/α,β-unsaturated/α-hetero) is 2. The number of carbonyl (C=O) groups is 2. The van der Waals surface area contributed by atoms with E-state index < -0.39 is 0 Å². The lowest BCUT2D eigenvalue weighted by molar-refractivity contribution is 0.100. The van der Waals surface area contributed by atoms with Crippen LogP contribution in [0.3, 0.4) is 0 Å². The van der Waals surface area contributed by atoms with E-state index in [9.17, 15) is 9.59 Å². The van der Waals surface area contributed by atoms with Gasteiger partial charge in [0.2, 0.25) is 0 Å². The Morgan fingerprint density at radius 1 is 0.800 bits per heavy atom. The summed E-state index contributed by atoms with van der Waals surface area (Å²) < 4.78 is 0. The topological polar surface area (TPSA) is 34.1 Å². The normalized spacial score (nSPS) is 9.50. The molecular weight excluding hydrogens is 248 g/mol. The number of rotatable bonds is 2. The van der Waals surface area contributed by atoms with Gasteiger partial charge >= 0.3 is 0 Å². The van der Waals surface area contributed by atoms with Gasteiger partial charge in [0.25, 0.3) is 0 Å². The molecule has 2 aromatic rings. The summed E-state index contributed by atoms with van der Waals surface area (Å²) in [5, 5.41) is 0. The zero-order valence-corrected chi connectivity index (χ0v) is 11.4. The highest BCUT2D eigenvalue weighted by Gasteiger charge is 2.03. The highest BCUT2D eigenvalue weighted by atomic mass is 16.1. The molecule has 0 N–H and O–H groups in total. The summed E-state index contributed by atoms with van der Waals surface area (Å²) in [6.45, 7) is 3.06. The molecule has 2 rings (SSSR count). The maximum absolute atomic E-state index is 11.5. The van der Waals surface area contributed by atoms with E-state index in [0.717, 1.165) is 11.1 Å². The molecule has 2 aromatic carbocycles. The molecule has 2 heteroatoms. The third-order valence-electron chi connectivity index (χ3n) is 2.94. The summed E-state index contributed by atoms with van der Waals surface area (Å²) in [5.74, 6) is 6.05. The Morgan fingerprint density at radius 2 is 1.45 bits per heavy atom. The number of benzene rings is 2. The van der Waals surface area contributed by atoms with Crippen LogP contribution in [0, 0.1) is 11.8 Å². The zero-order chi connectivity index (χ0) is 14.5. The molecule has 0 atom stereocenters. The number of hydrogen-bond acceptors (Lipinski definition) is 2. The van der Waals surface area contributed by atoms with Crippen molar-refractivity contribution in [2.45, 2.75) is 13.8 Å². The van der Waals surface area contributed by atoms with E-state index in [1.807, 2.05) is 18.2 Å². The van der Waals surface area contributed by atoms with Crippen LogP contribution in [0.2, 0.25) is 0 Å². The smallest absolute Gasteiger partial charge is 0.161 e. The Labute approximate surface area is 118 Å². The Hall–Kier alpha value is -2.66. The van der Waals surface area contributed by atoms with Crippen LogP contribution in [0.1, 0.15) is 45.7 Å². The molecule has 0 spiro atoms. The van der Waals surface area contributed by atoms with Crippen LogP contribution in [0.25, 0.3) is 0 Å². The number of ketones is 2. The van der Waals surface area contributed by atoms with Crippen molar-refractivity contribution in [3.05, 3.63) is 70.8 Å². The first-order valence-corrected chi connectivity index (χ1v) is 6.31. The van der Waals surface area contributed by atoms with Gasteiger partial charge in [-0.05, 0) is 32.0 Å². The van der Waals surface area contributed by atoms with E-state index in [1.165, 1.54) is 13.8 Å². The van der Waals surface area contributed by atoms with Crippen molar-refractivity contribution in [1.29, 1.82) is 0 Å². The molecule has 0 bridgehead atoms. The van der Waals surface area contributed by atoms with Crippen molar-refractivity contribution in [3.63, 3.8) is 0 Å². The maximum atomic E-state index is 11.5. The van der Waals surface area contributed by atoms with Crippen LogP contribution in [0.5, 0.6) is 0 Å². The fraction of sp³-hybridized carbons (Fsp3) is 0.111. The van der Waals surface area contributed by atoms with Crippen LogP contribution in [0.15, 0.2) is 48.5 Å². The molecule has 0 radical (unpaired) electrons. The van der Waals surface area contributed by atoms with E-state index in [1.54, 1.807) is 30.3 Å². The summed E-state index contributed by atoms with van der Waals surface area (Å²) in [7, 11) is 0. The van der Waals surface area contributed by atoms with E-state index in [2.05, 4.69) is 11.8 Å². The molecule has 0 aliphatic carbocycles. The molecule has 0 amide bonds. The minimum atomic E-state index is 0.00169. The number of carbonyl (C=O) groups excluding carboxylic acids is 2. The molecule has 0 fully saturated rings. The van der Waals surface area contributed by atoms with Crippen LogP contribution >= 0.6 is 0 Å². The predicted molar refractivity (Wildman–Crippen MR) is 78.9 cm³/mol. The minimum absolute atomic E-state index is 0.00169. The summed E-state index contributed by atoms with van der Waals surface area (Å²) in [6.07, 6.45) is 0. The standard InChI is InChI=1S/C18H14O2/c1-13(19)16-10-7-15(8-11-16)9-12-17-5-3-4-6-18(17)14(2)20/h3-8,10-11H,1-2H3. The van der Waals surface area contributed by atoms with Gasteiger partial charge in [0.1, 0.15) is 0 Å². The third-order valence-corrected chi connectivity index (χ3v) is 2.94. The molecule has 2 nitrogen and oxygen atoms in total. The zero-order valence-electron chi connectivity index (χ0n) is 11.4. The Bertz CT molecular complexity index is 713. The molecule has 20 heavy (non-hydrogen) atoms. The van der Waals surface area contributed by atoms with Crippen molar-refractivity contribution in [2.75, 3.05) is 0 Å². The predicted octanol–water partition coefficient (Wildman–Crippen LogP) is 3.49. The van der Waals surface area contributed by atoms with Gasteiger partial charge in [-0.1, -0.05) is 42.2 Å². The summed E-state index contributed by atoms with van der Waals surface area (Å²) in [4.78, 5) is 22.7. The monoisotopic (exact) mass is 262 g/mol. The second-order valence-electron chi connectivity index (χ2n) is 4.49. The van der Waals surface area contributed by atoms with Gasteiger partial charge in [0.15, 0.2) is 11.6 Å². The lowest BCUT2D eigenvalue weighted by Crippen LogP contribution is -1.95. The largest absolute Gasteiger partial charge is 0.295 e. The van der Waals surface area contributed by atoms with Gasteiger partial charge in [-0.25, -0.2) is 0 Å². The van der Waals surface area contributed by atoms with Gasteiger partial charge in [-0.15, -0.1) is 0 Å². The molecule has 0 saturated heterocycles. The molecule has 0 aromatic heterocycles. The molecule has 0 saturated carbocycles. The van der Waals surface area contributed by atoms with E-state index in [4.69, 9.17) is 0 Å². The van der Waals surface area contributed by atoms with Gasteiger partial charge in [-0.3, -0.25) is 9.59 Å². The van der Waals surface area contributed by atoms with Crippen molar-refractivity contribution in [2.24, 2.45) is 0 Å². The van der Waals surface area contributed by atoms with Crippen LogP contribution in [-0.2, 0) is 0 Å². The maximum Gasteiger partial charge on any atom is 0.161 e. The average molecular weight is 262 g/mol. The van der Waals surface area contributed by atoms with E-state index in [0.29, 0.717) is 11.1 Å². The minimum Gasteiger partial charge on any atom is -0.295 e. The van der Waals surface area contributed by atoms with Gasteiger partial charge in [0, 0.05) is 22.3 Å². The third kappa shape index (κ3) is 3.21. The number of hydrogen-bond donors (Lipinski definition) is 0. The highest BCUT2D eigenvalue weighted by molar-refractivity contribution is 5.96. The molecule has 0 heterocycles. The molecule has 0 unspecified atom stereocenters. The quantitative estimate of drug-likeness (QED) is 0.613. The van der Waals surface area contributed by atoms with Gasteiger partial charge in [-0.2, -0.15) is 0 Å². The average Bonchev–Trinajstić information content (AvgIpc) is 2.45. The Kier molecular flexibility index (Phi) is 4.12. The van der Waals surface area contributed by atoms with Gasteiger partial charge in [0.05, 0.1) is 0 Å². The lowest BCUT2D eigenvalue weighted by Gasteiger charge is -1.98. The Balaban J connectivity index is 2.31. The first-order valence-electron chi connectivity index (χ1n) is 6.31. The van der Waals surface area contributed by atoms with Crippen LogP contribution in [-0.4, -0.2) is 11.6 Å². The van der Waals surface area contributed by atoms with Crippen molar-refractivity contribution in [1.82, 2.24) is 0 Å². The summed E-state index contributed by atoms with van der Waals surface area (Å²) in [5.41, 5.74) is 2.82. The fourth-order valence-electron chi connectivity index (χ4n) is 1.83. The van der Waals surface area contributed by atoms with Crippen molar-refractivity contribution >= 4 is 11.6 Å². The van der Waals surface area contributed by atoms with Crippen molar-refractivity contribution in [3.8, 4) is 11.8 Å². The summed E-state index contributed by atoms with van der Waals surface area (Å²) in [6, 6.07) is 14.4.